The van der Waals surface area contributed by atoms with Crippen molar-refractivity contribution in [3.8, 4) is 5.75 Å². The molecule has 0 amide bonds. The van der Waals surface area contributed by atoms with E-state index in [2.05, 4.69) is 22.2 Å². The first-order valence-electron chi connectivity index (χ1n) is 7.68. The Morgan fingerprint density at radius 3 is 3.00 bits per heavy atom. The van der Waals surface area contributed by atoms with Crippen LogP contribution in [0.4, 0.5) is 0 Å². The SMILES string of the molecule is COc1ccc2nc(SC(C)CNC3CCCC3)[nH]c2c1. The van der Waals surface area contributed by atoms with Gasteiger partial charge < -0.3 is 15.0 Å². The highest BCUT2D eigenvalue weighted by Crippen LogP contribution is 2.26. The van der Waals surface area contributed by atoms with Gasteiger partial charge in [0, 0.05) is 23.9 Å². The predicted octanol–water partition coefficient (Wildman–Crippen LogP) is 3.58. The zero-order valence-electron chi connectivity index (χ0n) is 12.7. The third kappa shape index (κ3) is 3.71. The number of nitrogens with zero attached hydrogens (tertiary/aromatic N) is 1. The number of hydrogen-bond donors (Lipinski definition) is 2. The van der Waals surface area contributed by atoms with Crippen molar-refractivity contribution < 1.29 is 4.74 Å². The average molecular weight is 305 g/mol. The topological polar surface area (TPSA) is 49.9 Å². The maximum atomic E-state index is 5.24. The summed E-state index contributed by atoms with van der Waals surface area (Å²) in [4.78, 5) is 8.01. The molecular weight excluding hydrogens is 282 g/mol. The summed E-state index contributed by atoms with van der Waals surface area (Å²) in [5.74, 6) is 0.860. The molecule has 0 spiro atoms. The van der Waals surface area contributed by atoms with E-state index in [1.165, 1.54) is 25.7 Å². The van der Waals surface area contributed by atoms with Crippen molar-refractivity contribution in [3.63, 3.8) is 0 Å². The van der Waals surface area contributed by atoms with Gasteiger partial charge in [-0.1, -0.05) is 31.5 Å². The number of imidazole rings is 1. The molecule has 0 radical (unpaired) electrons. The van der Waals surface area contributed by atoms with Crippen molar-refractivity contribution in [2.75, 3.05) is 13.7 Å². The van der Waals surface area contributed by atoms with Crippen LogP contribution in [0.1, 0.15) is 32.6 Å². The van der Waals surface area contributed by atoms with E-state index >= 15 is 0 Å². The number of fused-ring (bicyclic) bond motifs is 1. The molecule has 1 saturated carbocycles. The Bertz CT molecular complexity index is 592. The van der Waals surface area contributed by atoms with Gasteiger partial charge in [-0.25, -0.2) is 4.98 Å². The number of aromatic nitrogens is 2. The zero-order valence-corrected chi connectivity index (χ0v) is 13.5. The zero-order chi connectivity index (χ0) is 14.7. The maximum absolute atomic E-state index is 5.24. The minimum Gasteiger partial charge on any atom is -0.497 e. The lowest BCUT2D eigenvalue weighted by molar-refractivity contribution is 0.415. The van der Waals surface area contributed by atoms with Gasteiger partial charge in [0.1, 0.15) is 5.75 Å². The molecule has 2 N–H and O–H groups in total. The van der Waals surface area contributed by atoms with E-state index in [9.17, 15) is 0 Å². The van der Waals surface area contributed by atoms with Gasteiger partial charge in [-0.15, -0.1) is 0 Å². The van der Waals surface area contributed by atoms with Crippen LogP contribution in [-0.2, 0) is 0 Å². The molecule has 4 nitrogen and oxygen atoms in total. The smallest absolute Gasteiger partial charge is 0.166 e. The van der Waals surface area contributed by atoms with Gasteiger partial charge in [-0.05, 0) is 25.0 Å². The van der Waals surface area contributed by atoms with Crippen molar-refractivity contribution in [2.24, 2.45) is 0 Å². The van der Waals surface area contributed by atoms with Crippen LogP contribution in [-0.4, -0.2) is 34.9 Å². The standard InChI is InChI=1S/C16H23N3OS/c1-11(10-17-12-5-3-4-6-12)21-16-18-14-8-7-13(20-2)9-15(14)19-16/h7-9,11-12,17H,3-6,10H2,1-2H3,(H,18,19). The molecule has 5 heteroatoms. The summed E-state index contributed by atoms with van der Waals surface area (Å²) in [5, 5.41) is 5.16. The first-order chi connectivity index (χ1) is 10.2. The number of H-pyrrole nitrogens is 1. The maximum Gasteiger partial charge on any atom is 0.166 e. The fourth-order valence-corrected chi connectivity index (χ4v) is 3.72. The van der Waals surface area contributed by atoms with Crippen LogP contribution < -0.4 is 10.1 Å². The molecule has 1 aromatic carbocycles. The van der Waals surface area contributed by atoms with Crippen LogP contribution in [0.5, 0.6) is 5.75 Å². The molecule has 1 aliphatic rings. The van der Waals surface area contributed by atoms with E-state index in [0.29, 0.717) is 5.25 Å². The first-order valence-corrected chi connectivity index (χ1v) is 8.56. The van der Waals surface area contributed by atoms with Crippen LogP contribution in [0.25, 0.3) is 11.0 Å². The predicted molar refractivity (Wildman–Crippen MR) is 88.2 cm³/mol. The lowest BCUT2D eigenvalue weighted by Gasteiger charge is -2.15. The van der Waals surface area contributed by atoms with Crippen molar-refractivity contribution >= 4 is 22.8 Å². The average Bonchev–Trinajstić information content (AvgIpc) is 3.13. The van der Waals surface area contributed by atoms with Gasteiger partial charge in [0.2, 0.25) is 0 Å². The fraction of sp³-hybridized carbons (Fsp3) is 0.562. The summed E-state index contributed by atoms with van der Waals surface area (Å²) in [7, 11) is 1.68. The molecule has 1 atom stereocenters. The van der Waals surface area contributed by atoms with Crippen molar-refractivity contribution in [1.29, 1.82) is 0 Å². The summed E-state index contributed by atoms with van der Waals surface area (Å²) >= 11 is 1.80. The molecule has 0 bridgehead atoms. The van der Waals surface area contributed by atoms with Crippen LogP contribution in [0, 0.1) is 0 Å². The second kappa shape index (κ2) is 6.71. The number of hydrogen-bond acceptors (Lipinski definition) is 4. The summed E-state index contributed by atoms with van der Waals surface area (Å²) < 4.78 is 5.24. The number of nitrogens with one attached hydrogen (secondary N) is 2. The molecule has 1 fully saturated rings. The largest absolute Gasteiger partial charge is 0.497 e. The lowest BCUT2D eigenvalue weighted by atomic mass is 10.2. The van der Waals surface area contributed by atoms with Crippen LogP contribution in [0.15, 0.2) is 23.4 Å². The quantitative estimate of drug-likeness (QED) is 0.801. The lowest BCUT2D eigenvalue weighted by Crippen LogP contribution is -2.31. The van der Waals surface area contributed by atoms with Crippen molar-refractivity contribution in [2.45, 2.75) is 49.1 Å². The molecule has 2 aromatic rings. The van der Waals surface area contributed by atoms with Gasteiger partial charge in [-0.3, -0.25) is 0 Å². The number of benzene rings is 1. The summed E-state index contributed by atoms with van der Waals surface area (Å²) in [6, 6.07) is 6.67. The molecule has 1 unspecified atom stereocenters. The molecule has 0 saturated heterocycles. The van der Waals surface area contributed by atoms with Crippen molar-refractivity contribution in [3.05, 3.63) is 18.2 Å². The van der Waals surface area contributed by atoms with E-state index in [1.807, 2.05) is 18.2 Å². The number of rotatable bonds is 6. The van der Waals surface area contributed by atoms with Gasteiger partial charge in [0.25, 0.3) is 0 Å². The van der Waals surface area contributed by atoms with E-state index in [4.69, 9.17) is 4.74 Å². The highest BCUT2D eigenvalue weighted by atomic mass is 32.2. The Kier molecular flexibility index (Phi) is 4.70. The molecule has 21 heavy (non-hydrogen) atoms. The normalized spacial score (nSPS) is 17.4. The molecule has 0 aliphatic heterocycles. The summed E-state index contributed by atoms with van der Waals surface area (Å²) in [6.45, 7) is 3.29. The summed E-state index contributed by atoms with van der Waals surface area (Å²) in [5.41, 5.74) is 2.03. The Hall–Kier alpha value is -1.20. The van der Waals surface area contributed by atoms with Gasteiger partial charge in [0.15, 0.2) is 5.16 Å². The van der Waals surface area contributed by atoms with Gasteiger partial charge >= 0.3 is 0 Å². The Balaban J connectivity index is 1.58. The van der Waals surface area contributed by atoms with Crippen LogP contribution in [0.2, 0.25) is 0 Å². The second-order valence-electron chi connectivity index (χ2n) is 5.74. The molecule has 1 aromatic heterocycles. The van der Waals surface area contributed by atoms with E-state index in [0.717, 1.165) is 34.5 Å². The Morgan fingerprint density at radius 2 is 2.24 bits per heavy atom. The number of ether oxygens (including phenoxy) is 1. The first kappa shape index (κ1) is 14.7. The second-order valence-corrected chi connectivity index (χ2v) is 7.17. The monoisotopic (exact) mass is 305 g/mol. The molecular formula is C16H23N3OS. The highest BCUT2D eigenvalue weighted by Gasteiger charge is 2.16. The molecule has 114 valence electrons. The number of thioether (sulfide) groups is 1. The summed E-state index contributed by atoms with van der Waals surface area (Å²) in [6.07, 6.45) is 5.43. The number of methoxy groups -OCH3 is 1. The minimum atomic E-state index is 0.507. The molecule has 1 heterocycles. The van der Waals surface area contributed by atoms with E-state index < -0.39 is 0 Å². The molecule has 1 aliphatic carbocycles. The number of aromatic amines is 1. The van der Waals surface area contributed by atoms with Crippen LogP contribution in [0.3, 0.4) is 0 Å². The minimum absolute atomic E-state index is 0.507. The highest BCUT2D eigenvalue weighted by molar-refractivity contribution is 7.99. The fourth-order valence-electron chi connectivity index (χ4n) is 2.84. The van der Waals surface area contributed by atoms with E-state index in [1.54, 1.807) is 18.9 Å². The van der Waals surface area contributed by atoms with Crippen molar-refractivity contribution in [1.82, 2.24) is 15.3 Å². The van der Waals surface area contributed by atoms with E-state index in [-0.39, 0.29) is 0 Å². The third-order valence-corrected chi connectivity index (χ3v) is 5.01. The third-order valence-electron chi connectivity index (χ3n) is 4.03. The Morgan fingerprint density at radius 1 is 1.43 bits per heavy atom. The van der Waals surface area contributed by atoms with Gasteiger partial charge in [-0.2, -0.15) is 0 Å². The Labute approximate surface area is 130 Å². The van der Waals surface area contributed by atoms with Crippen LogP contribution >= 0.6 is 11.8 Å². The van der Waals surface area contributed by atoms with Gasteiger partial charge in [0.05, 0.1) is 18.1 Å². The molecule has 3 rings (SSSR count).